The smallest absolute Gasteiger partial charge is 0.326 e. The Balaban J connectivity index is 3.10. The first-order valence-corrected chi connectivity index (χ1v) is 8.19. The number of hydrogen-bond acceptors (Lipinski definition) is 7. The molecule has 0 spiro atoms. The molecule has 0 aromatic heterocycles. The van der Waals surface area contributed by atoms with E-state index in [1.54, 1.807) is 6.07 Å². The Morgan fingerprint density at radius 2 is 1.61 bits per heavy atom. The van der Waals surface area contributed by atoms with E-state index in [0.29, 0.717) is 5.69 Å². The summed E-state index contributed by atoms with van der Waals surface area (Å²) in [6, 6.07) is 4.26. The second kappa shape index (κ2) is 10.0. The highest BCUT2D eigenvalue weighted by Crippen LogP contribution is 2.20. The van der Waals surface area contributed by atoms with Crippen molar-refractivity contribution in [2.24, 2.45) is 11.8 Å². The van der Waals surface area contributed by atoms with Crippen LogP contribution in [0.4, 0.5) is 5.69 Å². The van der Waals surface area contributed by atoms with Crippen molar-refractivity contribution in [2.45, 2.75) is 19.9 Å². The Morgan fingerprint density at radius 3 is 2.07 bits per heavy atom. The van der Waals surface area contributed by atoms with Crippen LogP contribution in [0.25, 0.3) is 0 Å². The van der Waals surface area contributed by atoms with E-state index in [1.165, 1.54) is 32.0 Å². The van der Waals surface area contributed by atoms with Crippen molar-refractivity contribution in [1.29, 1.82) is 0 Å². The number of esters is 2. The van der Waals surface area contributed by atoms with Crippen LogP contribution in [0, 0.1) is 11.8 Å². The van der Waals surface area contributed by atoms with Crippen LogP contribution in [0.5, 0.6) is 0 Å². The SMILES string of the molecule is COC(=O)C(C(=O)OC)[C@@H](C)[C@@H](NC(=O)c1cccc(NC(C)=O)c1)C(=O)O. The Bertz CT molecular complexity index is 761. The first-order valence-electron chi connectivity index (χ1n) is 8.19. The third-order valence-electron chi connectivity index (χ3n) is 3.96. The third-order valence-corrected chi connectivity index (χ3v) is 3.96. The summed E-state index contributed by atoms with van der Waals surface area (Å²) in [5.74, 6) is -7.22. The number of amides is 2. The number of carbonyl (C=O) groups excluding carboxylic acids is 4. The van der Waals surface area contributed by atoms with Crippen molar-refractivity contribution in [3.05, 3.63) is 29.8 Å². The average Bonchev–Trinajstić information content (AvgIpc) is 2.64. The molecule has 0 bridgehead atoms. The highest BCUT2D eigenvalue weighted by Gasteiger charge is 2.42. The van der Waals surface area contributed by atoms with Gasteiger partial charge in [-0.3, -0.25) is 19.2 Å². The quantitative estimate of drug-likeness (QED) is 0.424. The van der Waals surface area contributed by atoms with Crippen molar-refractivity contribution < 1.29 is 38.6 Å². The second-order valence-corrected chi connectivity index (χ2v) is 5.93. The molecule has 0 aliphatic heterocycles. The third kappa shape index (κ3) is 5.79. The molecule has 0 unspecified atom stereocenters. The zero-order chi connectivity index (χ0) is 21.4. The first kappa shape index (κ1) is 22.6. The number of hydrogen-bond donors (Lipinski definition) is 3. The molecule has 28 heavy (non-hydrogen) atoms. The summed E-state index contributed by atoms with van der Waals surface area (Å²) in [5, 5.41) is 14.3. The molecule has 1 rings (SSSR count). The molecule has 0 fully saturated rings. The highest BCUT2D eigenvalue weighted by molar-refractivity contribution is 6.00. The normalized spacial score (nSPS) is 12.5. The Morgan fingerprint density at radius 1 is 1.04 bits per heavy atom. The lowest BCUT2D eigenvalue weighted by Crippen LogP contribution is -2.50. The molecule has 1 aromatic carbocycles. The molecule has 152 valence electrons. The van der Waals surface area contributed by atoms with Gasteiger partial charge in [-0.1, -0.05) is 13.0 Å². The lowest BCUT2D eigenvalue weighted by Gasteiger charge is -2.26. The zero-order valence-electron chi connectivity index (χ0n) is 15.8. The predicted octanol–water partition coefficient (Wildman–Crippen LogP) is 0.426. The maximum absolute atomic E-state index is 12.5. The molecular formula is C18H22N2O8. The lowest BCUT2D eigenvalue weighted by molar-refractivity contribution is -0.162. The molecule has 0 aliphatic carbocycles. The number of ether oxygens (including phenoxy) is 2. The summed E-state index contributed by atoms with van der Waals surface area (Å²) in [6.07, 6.45) is 0. The number of anilines is 1. The van der Waals surface area contributed by atoms with Gasteiger partial charge in [0.1, 0.15) is 6.04 Å². The topological polar surface area (TPSA) is 148 Å². The zero-order valence-corrected chi connectivity index (χ0v) is 15.8. The maximum atomic E-state index is 12.5. The van der Waals surface area contributed by atoms with Gasteiger partial charge in [-0.25, -0.2) is 4.79 Å². The highest BCUT2D eigenvalue weighted by atomic mass is 16.5. The fraction of sp³-hybridized carbons (Fsp3) is 0.389. The van der Waals surface area contributed by atoms with Gasteiger partial charge in [0.2, 0.25) is 5.91 Å². The van der Waals surface area contributed by atoms with Crippen molar-refractivity contribution in [3.8, 4) is 0 Å². The largest absolute Gasteiger partial charge is 0.480 e. The van der Waals surface area contributed by atoms with Gasteiger partial charge in [-0.2, -0.15) is 0 Å². The molecular weight excluding hydrogens is 372 g/mol. The fourth-order valence-corrected chi connectivity index (χ4v) is 2.56. The molecule has 10 nitrogen and oxygen atoms in total. The van der Waals surface area contributed by atoms with Gasteiger partial charge in [-0.05, 0) is 18.2 Å². The minimum absolute atomic E-state index is 0.0809. The minimum Gasteiger partial charge on any atom is -0.480 e. The second-order valence-electron chi connectivity index (χ2n) is 5.93. The molecule has 2 atom stereocenters. The molecule has 0 saturated heterocycles. The van der Waals surface area contributed by atoms with Crippen LogP contribution in [-0.4, -0.2) is 55.1 Å². The van der Waals surface area contributed by atoms with Crippen LogP contribution in [0.1, 0.15) is 24.2 Å². The van der Waals surface area contributed by atoms with Gasteiger partial charge in [0, 0.05) is 24.1 Å². The summed E-state index contributed by atoms with van der Waals surface area (Å²) in [5.41, 5.74) is 0.430. The Hall–Kier alpha value is -3.43. The molecule has 0 saturated carbocycles. The molecule has 2 amide bonds. The molecule has 3 N–H and O–H groups in total. The van der Waals surface area contributed by atoms with Crippen molar-refractivity contribution in [2.75, 3.05) is 19.5 Å². The monoisotopic (exact) mass is 394 g/mol. The summed E-state index contributed by atoms with van der Waals surface area (Å²) in [4.78, 5) is 59.1. The summed E-state index contributed by atoms with van der Waals surface area (Å²) in [7, 11) is 2.10. The van der Waals surface area contributed by atoms with Crippen molar-refractivity contribution in [3.63, 3.8) is 0 Å². The maximum Gasteiger partial charge on any atom is 0.326 e. The van der Waals surface area contributed by atoms with Crippen LogP contribution >= 0.6 is 0 Å². The van der Waals surface area contributed by atoms with Crippen LogP contribution in [0.15, 0.2) is 24.3 Å². The molecule has 0 aliphatic rings. The van der Waals surface area contributed by atoms with Crippen LogP contribution in [-0.2, 0) is 28.7 Å². The van der Waals surface area contributed by atoms with Gasteiger partial charge >= 0.3 is 17.9 Å². The number of rotatable bonds is 8. The Labute approximate surface area is 161 Å². The number of carboxylic acids is 1. The van der Waals surface area contributed by atoms with E-state index in [1.807, 2.05) is 0 Å². The van der Waals surface area contributed by atoms with E-state index in [-0.39, 0.29) is 11.5 Å². The van der Waals surface area contributed by atoms with E-state index >= 15 is 0 Å². The van der Waals surface area contributed by atoms with E-state index in [0.717, 1.165) is 14.2 Å². The first-order chi connectivity index (χ1) is 13.1. The number of benzene rings is 1. The summed E-state index contributed by atoms with van der Waals surface area (Å²) < 4.78 is 9.09. The van der Waals surface area contributed by atoms with E-state index < -0.39 is 41.7 Å². The standard InChI is InChI=1S/C18H22N2O8/c1-9(13(17(25)27-3)18(26)28-4)14(16(23)24)20-15(22)11-6-5-7-12(8-11)19-10(2)21/h5-9,13-14H,1-4H3,(H,19,21)(H,20,22)(H,23,24)/t9-,14-/m1/s1. The molecule has 1 aromatic rings. The Kier molecular flexibility index (Phi) is 8.11. The number of aliphatic carboxylic acids is 1. The van der Waals surface area contributed by atoms with Crippen molar-refractivity contribution >= 4 is 35.4 Å². The average molecular weight is 394 g/mol. The van der Waals surface area contributed by atoms with Crippen LogP contribution in [0.2, 0.25) is 0 Å². The number of carboxylic acid groups (broad SMARTS) is 1. The number of carbonyl (C=O) groups is 5. The summed E-state index contributed by atoms with van der Waals surface area (Å²) in [6.45, 7) is 2.61. The van der Waals surface area contributed by atoms with Gasteiger partial charge < -0.3 is 25.2 Å². The molecule has 0 radical (unpaired) electrons. The van der Waals surface area contributed by atoms with E-state index in [4.69, 9.17) is 0 Å². The van der Waals surface area contributed by atoms with Crippen LogP contribution < -0.4 is 10.6 Å². The van der Waals surface area contributed by atoms with E-state index in [9.17, 15) is 29.1 Å². The summed E-state index contributed by atoms with van der Waals surface area (Å²) >= 11 is 0. The van der Waals surface area contributed by atoms with Crippen LogP contribution in [0.3, 0.4) is 0 Å². The van der Waals surface area contributed by atoms with Crippen molar-refractivity contribution in [1.82, 2.24) is 5.32 Å². The van der Waals surface area contributed by atoms with Gasteiger partial charge in [0.05, 0.1) is 14.2 Å². The minimum atomic E-state index is -1.58. The van der Waals surface area contributed by atoms with Gasteiger partial charge in [0.25, 0.3) is 5.91 Å². The predicted molar refractivity (Wildman–Crippen MR) is 96.3 cm³/mol. The van der Waals surface area contributed by atoms with E-state index in [2.05, 4.69) is 20.1 Å². The fourth-order valence-electron chi connectivity index (χ4n) is 2.56. The molecule has 0 heterocycles. The number of methoxy groups -OCH3 is 2. The molecule has 10 heteroatoms. The number of nitrogens with one attached hydrogen (secondary N) is 2. The lowest BCUT2D eigenvalue weighted by atomic mass is 9.87. The van der Waals surface area contributed by atoms with Gasteiger partial charge in [0.15, 0.2) is 5.92 Å². The van der Waals surface area contributed by atoms with Gasteiger partial charge in [-0.15, -0.1) is 0 Å².